The number of aliphatic carboxylic acids is 1. The fourth-order valence-corrected chi connectivity index (χ4v) is 3.01. The molecule has 0 unspecified atom stereocenters. The van der Waals surface area contributed by atoms with E-state index in [2.05, 4.69) is 5.32 Å². The van der Waals surface area contributed by atoms with Gasteiger partial charge < -0.3 is 20.1 Å². The second-order valence-electron chi connectivity index (χ2n) is 7.66. The largest absolute Gasteiger partial charge is 0.479 e. The summed E-state index contributed by atoms with van der Waals surface area (Å²) in [7, 11) is 0. The first-order chi connectivity index (χ1) is 12.1. The molecule has 1 saturated heterocycles. The zero-order chi connectivity index (χ0) is 19.5. The van der Waals surface area contributed by atoms with Crippen molar-refractivity contribution < 1.29 is 24.2 Å². The summed E-state index contributed by atoms with van der Waals surface area (Å²) in [4.78, 5) is 37.9. The quantitative estimate of drug-likeness (QED) is 0.838. The van der Waals surface area contributed by atoms with E-state index in [4.69, 9.17) is 4.74 Å². The van der Waals surface area contributed by atoms with Crippen LogP contribution >= 0.6 is 0 Å². The molecular weight excluding hydrogens is 336 g/mol. The van der Waals surface area contributed by atoms with Crippen LogP contribution in [0.15, 0.2) is 30.3 Å². The lowest BCUT2D eigenvalue weighted by Gasteiger charge is -2.44. The summed E-state index contributed by atoms with van der Waals surface area (Å²) in [5.41, 5.74) is -1.20. The molecule has 1 aliphatic rings. The maximum Gasteiger partial charge on any atom is 0.408 e. The van der Waals surface area contributed by atoms with E-state index in [1.54, 1.807) is 27.7 Å². The zero-order valence-corrected chi connectivity index (χ0v) is 15.6. The topological polar surface area (TPSA) is 95.9 Å². The molecular formula is C19H26N2O5. The van der Waals surface area contributed by atoms with Crippen LogP contribution in [0.3, 0.4) is 0 Å². The monoisotopic (exact) mass is 362 g/mol. The highest BCUT2D eigenvalue weighted by molar-refractivity contribution is 5.93. The average molecular weight is 362 g/mol. The molecule has 0 aliphatic carbocycles. The Bertz CT molecular complexity index is 683. The second kappa shape index (κ2) is 7.35. The summed E-state index contributed by atoms with van der Waals surface area (Å²) in [6.07, 6.45) is -0.347. The third-order valence-electron chi connectivity index (χ3n) is 5.13. The number of carbonyl (C=O) groups is 3. The van der Waals surface area contributed by atoms with Gasteiger partial charge in [0.25, 0.3) is 0 Å². The number of nitrogens with one attached hydrogen (secondary N) is 1. The lowest BCUT2D eigenvalue weighted by atomic mass is 9.73. The molecule has 1 fully saturated rings. The lowest BCUT2D eigenvalue weighted by Crippen LogP contribution is -2.62. The molecule has 1 aromatic rings. The fraction of sp³-hybridized carbons (Fsp3) is 0.526. The van der Waals surface area contributed by atoms with Crippen LogP contribution in [0, 0.1) is 5.41 Å². The Labute approximate surface area is 153 Å². The number of amides is 2. The second-order valence-corrected chi connectivity index (χ2v) is 7.66. The SMILES string of the molecule is CC(C)(C)[C@@](C)(C(=O)O)N1CC[C@H](NC(=O)OCc2ccccc2)C1=O. The molecule has 2 N–H and O–H groups in total. The number of carbonyl (C=O) groups excluding carboxylic acids is 2. The Morgan fingerprint density at radius 1 is 1.23 bits per heavy atom. The van der Waals surface area contributed by atoms with Gasteiger partial charge in [-0.2, -0.15) is 0 Å². The van der Waals surface area contributed by atoms with Crippen LogP contribution in [0.2, 0.25) is 0 Å². The molecule has 142 valence electrons. The van der Waals surface area contributed by atoms with Crippen molar-refractivity contribution >= 4 is 18.0 Å². The van der Waals surface area contributed by atoms with Crippen LogP contribution in [0.1, 0.15) is 39.7 Å². The molecule has 0 spiro atoms. The van der Waals surface area contributed by atoms with Crippen LogP contribution in [-0.2, 0) is 20.9 Å². The average Bonchev–Trinajstić information content (AvgIpc) is 2.93. The molecule has 7 heteroatoms. The first-order valence-electron chi connectivity index (χ1n) is 8.59. The first-order valence-corrected chi connectivity index (χ1v) is 8.59. The van der Waals surface area contributed by atoms with Gasteiger partial charge in [0, 0.05) is 6.54 Å². The molecule has 0 bridgehead atoms. The van der Waals surface area contributed by atoms with Gasteiger partial charge in [0.2, 0.25) is 5.91 Å². The number of carboxylic acid groups (broad SMARTS) is 1. The summed E-state index contributed by atoms with van der Waals surface area (Å²) < 4.78 is 5.14. The highest BCUT2D eigenvalue weighted by Gasteiger charge is 2.54. The van der Waals surface area contributed by atoms with Crippen molar-refractivity contribution in [2.75, 3.05) is 6.54 Å². The smallest absolute Gasteiger partial charge is 0.408 e. The number of likely N-dealkylation sites (tertiary alicyclic amines) is 1. The number of hydrogen-bond donors (Lipinski definition) is 2. The van der Waals surface area contributed by atoms with Crippen LogP contribution in [0.4, 0.5) is 4.79 Å². The van der Waals surface area contributed by atoms with E-state index in [1.807, 2.05) is 30.3 Å². The van der Waals surface area contributed by atoms with Crippen molar-refractivity contribution in [2.45, 2.75) is 52.3 Å². The van der Waals surface area contributed by atoms with Crippen molar-refractivity contribution in [2.24, 2.45) is 5.41 Å². The van der Waals surface area contributed by atoms with Gasteiger partial charge in [0.05, 0.1) is 0 Å². The molecule has 1 aliphatic heterocycles. The minimum Gasteiger partial charge on any atom is -0.479 e. The molecule has 1 aromatic carbocycles. The number of ether oxygens (including phenoxy) is 1. The van der Waals surface area contributed by atoms with Gasteiger partial charge in [-0.25, -0.2) is 9.59 Å². The molecule has 2 rings (SSSR count). The maximum atomic E-state index is 12.7. The van der Waals surface area contributed by atoms with Crippen molar-refractivity contribution in [1.82, 2.24) is 10.2 Å². The normalized spacial score (nSPS) is 19.8. The van der Waals surface area contributed by atoms with Gasteiger partial charge in [0.15, 0.2) is 0 Å². The van der Waals surface area contributed by atoms with Crippen molar-refractivity contribution in [3.8, 4) is 0 Å². The predicted molar refractivity (Wildman–Crippen MR) is 95.4 cm³/mol. The predicted octanol–water partition coefficient (Wildman–Crippen LogP) is 2.40. The van der Waals surface area contributed by atoms with E-state index in [1.165, 1.54) is 4.90 Å². The van der Waals surface area contributed by atoms with Crippen LogP contribution in [0.5, 0.6) is 0 Å². The van der Waals surface area contributed by atoms with Crippen LogP contribution < -0.4 is 5.32 Å². The highest BCUT2D eigenvalue weighted by Crippen LogP contribution is 2.38. The summed E-state index contributed by atoms with van der Waals surface area (Å²) >= 11 is 0. The Hall–Kier alpha value is -2.57. The van der Waals surface area contributed by atoms with E-state index < -0.39 is 35.0 Å². The summed E-state index contributed by atoms with van der Waals surface area (Å²) in [5.74, 6) is -1.47. The number of benzene rings is 1. The maximum absolute atomic E-state index is 12.7. The fourth-order valence-electron chi connectivity index (χ4n) is 3.01. The van der Waals surface area contributed by atoms with Crippen LogP contribution in [0.25, 0.3) is 0 Å². The Morgan fingerprint density at radius 3 is 2.38 bits per heavy atom. The third kappa shape index (κ3) is 3.81. The molecule has 2 atom stereocenters. The van der Waals surface area contributed by atoms with E-state index in [9.17, 15) is 19.5 Å². The van der Waals surface area contributed by atoms with Gasteiger partial charge in [-0.3, -0.25) is 4.79 Å². The van der Waals surface area contributed by atoms with E-state index in [-0.39, 0.29) is 13.2 Å². The van der Waals surface area contributed by atoms with Gasteiger partial charge >= 0.3 is 12.1 Å². The number of hydrogen-bond acceptors (Lipinski definition) is 4. The highest BCUT2D eigenvalue weighted by atomic mass is 16.5. The van der Waals surface area contributed by atoms with Gasteiger partial charge in [-0.15, -0.1) is 0 Å². The summed E-state index contributed by atoms with van der Waals surface area (Å²) in [6, 6.07) is 8.43. The molecule has 0 radical (unpaired) electrons. The summed E-state index contributed by atoms with van der Waals surface area (Å²) in [6.45, 7) is 7.26. The minimum atomic E-state index is -1.37. The van der Waals surface area contributed by atoms with Crippen molar-refractivity contribution in [1.29, 1.82) is 0 Å². The standard InChI is InChI=1S/C19H26N2O5/c1-18(2,3)19(4,16(23)24)21-11-10-14(15(21)22)20-17(25)26-12-13-8-6-5-7-9-13/h5-9,14H,10-12H2,1-4H3,(H,20,25)(H,23,24)/t14-,19+/m0/s1. The van der Waals surface area contributed by atoms with Gasteiger partial charge in [-0.1, -0.05) is 51.1 Å². The first kappa shape index (κ1) is 19.8. The lowest BCUT2D eigenvalue weighted by molar-refractivity contribution is -0.164. The number of rotatable bonds is 5. The third-order valence-corrected chi connectivity index (χ3v) is 5.13. The Kier molecular flexibility index (Phi) is 5.59. The van der Waals surface area contributed by atoms with Gasteiger partial charge in [-0.05, 0) is 24.3 Å². The Balaban J connectivity index is 2.00. The van der Waals surface area contributed by atoms with Crippen molar-refractivity contribution in [3.05, 3.63) is 35.9 Å². The number of nitrogens with zero attached hydrogens (tertiary/aromatic N) is 1. The van der Waals surface area contributed by atoms with Crippen LogP contribution in [-0.4, -0.2) is 46.1 Å². The molecule has 0 aromatic heterocycles. The number of carboxylic acids is 1. The summed E-state index contributed by atoms with van der Waals surface area (Å²) in [5, 5.41) is 12.3. The van der Waals surface area contributed by atoms with Crippen molar-refractivity contribution in [3.63, 3.8) is 0 Å². The molecule has 26 heavy (non-hydrogen) atoms. The molecule has 1 heterocycles. The molecule has 2 amide bonds. The Morgan fingerprint density at radius 2 is 1.85 bits per heavy atom. The van der Waals surface area contributed by atoms with Gasteiger partial charge in [0.1, 0.15) is 18.2 Å². The molecule has 0 saturated carbocycles. The van der Waals surface area contributed by atoms with E-state index in [0.717, 1.165) is 5.56 Å². The van der Waals surface area contributed by atoms with E-state index >= 15 is 0 Å². The zero-order valence-electron chi connectivity index (χ0n) is 15.6. The number of alkyl carbamates (subject to hydrolysis) is 1. The minimum absolute atomic E-state index is 0.103. The molecule has 7 nitrogen and oxygen atoms in total. The van der Waals surface area contributed by atoms with E-state index in [0.29, 0.717) is 6.42 Å².